The monoisotopic (exact) mass is 1200 g/mol. The second-order valence-corrected chi connectivity index (χ2v) is 28.4. The zero-order valence-corrected chi connectivity index (χ0v) is 52.0. The number of aliphatic hydroxyl groups is 3. The summed E-state index contributed by atoms with van der Waals surface area (Å²) in [5, 5.41) is 37.6. The van der Waals surface area contributed by atoms with Gasteiger partial charge >= 0.3 is 0 Å². The molecule has 4 aliphatic heterocycles. The fourth-order valence-corrected chi connectivity index (χ4v) is 17.7. The first-order valence-corrected chi connectivity index (χ1v) is 33.9. The third-order valence-corrected chi connectivity index (χ3v) is 22.3. The molecular weight excluding hydrogens is 1120 g/mol. The Morgan fingerprint density at radius 1 is 0.667 bits per heavy atom. The SMILES string of the molecule is CCOc1ccc2c(c1)CC(NCCCCO)C(=O)N2c1cccc(CN2C(=O)[C@]3(O[C@H](CC(=O)N(CCO)Cc4ccccc4)[C@@H]([Si](C)(C)c4ccc(OC)cc4)[C@@H]3C)c3cc(N4C(=O)C(NCCCCO)Cc5cc(OCC)ccc54)ccc32)c1. The third kappa shape index (κ3) is 12.8. The predicted molar refractivity (Wildman–Crippen MR) is 340 cm³/mol. The van der Waals surface area contributed by atoms with Gasteiger partial charge < -0.3 is 54.7 Å². The zero-order chi connectivity index (χ0) is 61.4. The van der Waals surface area contributed by atoms with Crippen molar-refractivity contribution in [1.29, 1.82) is 0 Å². The molecule has 0 bridgehead atoms. The number of amides is 4. The molecule has 10 rings (SSSR count). The number of methoxy groups -OCH3 is 1. The average Bonchev–Trinajstić information content (AvgIpc) is 1.57. The van der Waals surface area contributed by atoms with E-state index in [0.717, 1.165) is 33.1 Å². The zero-order valence-electron chi connectivity index (χ0n) is 51.0. The number of carbonyl (C=O) groups is 4. The van der Waals surface area contributed by atoms with Gasteiger partial charge in [-0.05, 0) is 172 Å². The second-order valence-electron chi connectivity index (χ2n) is 23.7. The van der Waals surface area contributed by atoms with Gasteiger partial charge in [-0.2, -0.15) is 0 Å². The van der Waals surface area contributed by atoms with Crippen molar-refractivity contribution in [2.24, 2.45) is 5.92 Å². The van der Waals surface area contributed by atoms with E-state index in [1.165, 1.54) is 0 Å². The Morgan fingerprint density at radius 3 is 1.79 bits per heavy atom. The van der Waals surface area contributed by atoms with E-state index in [2.05, 4.69) is 42.8 Å². The topological polar surface area (TPSA) is 203 Å². The second kappa shape index (κ2) is 27.7. The van der Waals surface area contributed by atoms with Gasteiger partial charge in [0.15, 0.2) is 5.60 Å². The number of aliphatic hydroxyl groups excluding tert-OH is 3. The Kier molecular flexibility index (Phi) is 20.0. The van der Waals surface area contributed by atoms with Crippen LogP contribution in [0.5, 0.6) is 17.2 Å². The summed E-state index contributed by atoms with van der Waals surface area (Å²) in [6.45, 7) is 12.8. The van der Waals surface area contributed by atoms with E-state index >= 15 is 14.4 Å². The molecule has 4 heterocycles. The summed E-state index contributed by atoms with van der Waals surface area (Å²) in [5.41, 5.74) is 5.22. The molecule has 0 radical (unpaired) electrons. The molecule has 5 N–H and O–H groups in total. The molecule has 1 saturated heterocycles. The van der Waals surface area contributed by atoms with Crippen LogP contribution < -0.4 is 44.7 Å². The van der Waals surface area contributed by atoms with Crippen molar-refractivity contribution < 1.29 is 53.4 Å². The van der Waals surface area contributed by atoms with Gasteiger partial charge in [-0.3, -0.25) is 29.0 Å². The average molecular weight is 1200 g/mol. The molecule has 1 fully saturated rings. The van der Waals surface area contributed by atoms with E-state index in [9.17, 15) is 20.1 Å². The summed E-state index contributed by atoms with van der Waals surface area (Å²) in [7, 11) is -1.18. The standard InChI is InChI=1S/C69H84N6O11Si/c1-7-84-54-24-29-60-49(38-54)40-58(70-31-12-14-34-76)66(80)74(60)51-20-16-19-48(37-51)45-73-62-28-21-52(75-61-30-25-55(85-8-2)39-50(61)41-59(67(75)81)71-32-13-15-35-77)42-57(62)69(68(73)82)46(3)65(87(5,6)56-26-22-53(83-4)23-27-56)63(86-69)43-64(79)72(33-36-78)44-47-17-10-9-11-18-47/h9-11,16-30,37-39,42,46,58-59,63,65,70-71,76-78H,7-8,12-15,31-36,40-41,43-45H2,1-6H3/t46-,58?,59?,63+,65-,69+/m0/s1. The van der Waals surface area contributed by atoms with Crippen LogP contribution in [0.15, 0.2) is 133 Å². The molecule has 6 aromatic carbocycles. The quantitative estimate of drug-likeness (QED) is 0.0243. The van der Waals surface area contributed by atoms with Crippen molar-refractivity contribution in [3.05, 3.63) is 161 Å². The fourth-order valence-electron chi connectivity index (χ4n) is 13.7. The van der Waals surface area contributed by atoms with Crippen LogP contribution in [0, 0.1) is 5.92 Å². The van der Waals surface area contributed by atoms with Crippen LogP contribution in [-0.4, -0.2) is 130 Å². The number of hydrogen-bond donors (Lipinski definition) is 5. The molecule has 4 aliphatic rings. The molecule has 6 atom stereocenters. The minimum absolute atomic E-state index is 0.0455. The largest absolute Gasteiger partial charge is 0.497 e. The van der Waals surface area contributed by atoms with Crippen LogP contribution in [0.4, 0.5) is 28.4 Å². The van der Waals surface area contributed by atoms with Gasteiger partial charge in [0.25, 0.3) is 5.91 Å². The van der Waals surface area contributed by atoms with Gasteiger partial charge in [0.2, 0.25) is 17.7 Å². The fraction of sp³-hybridized carbons (Fsp3) is 0.420. The molecule has 17 nitrogen and oxygen atoms in total. The highest BCUT2D eigenvalue weighted by Crippen LogP contribution is 2.61. The molecule has 87 heavy (non-hydrogen) atoms. The van der Waals surface area contributed by atoms with Crippen molar-refractivity contribution in [3.63, 3.8) is 0 Å². The molecular formula is C69H84N6O11Si. The molecule has 460 valence electrons. The summed E-state index contributed by atoms with van der Waals surface area (Å²) in [4.78, 5) is 68.6. The van der Waals surface area contributed by atoms with E-state index < -0.39 is 37.8 Å². The normalized spacial score (nSPS) is 20.6. The Morgan fingerprint density at radius 2 is 1.23 bits per heavy atom. The summed E-state index contributed by atoms with van der Waals surface area (Å²) >= 11 is 0. The van der Waals surface area contributed by atoms with Crippen LogP contribution >= 0.6 is 0 Å². The number of carbonyl (C=O) groups excluding carboxylic acids is 4. The Bertz CT molecular complexity index is 3400. The number of rotatable bonds is 27. The lowest BCUT2D eigenvalue weighted by Crippen LogP contribution is -2.52. The lowest BCUT2D eigenvalue weighted by Gasteiger charge is -2.37. The van der Waals surface area contributed by atoms with Gasteiger partial charge in [0.1, 0.15) is 17.2 Å². The highest BCUT2D eigenvalue weighted by Gasteiger charge is 2.67. The maximum atomic E-state index is 16.6. The van der Waals surface area contributed by atoms with Crippen LogP contribution in [0.25, 0.3) is 0 Å². The Balaban J connectivity index is 1.10. The Labute approximate surface area is 512 Å². The van der Waals surface area contributed by atoms with Gasteiger partial charge in [-0.15, -0.1) is 0 Å². The van der Waals surface area contributed by atoms with Crippen molar-refractivity contribution >= 4 is 65.3 Å². The van der Waals surface area contributed by atoms with E-state index in [4.69, 9.17) is 18.9 Å². The van der Waals surface area contributed by atoms with Crippen molar-refractivity contribution in [3.8, 4) is 17.2 Å². The highest BCUT2D eigenvalue weighted by molar-refractivity contribution is 6.91. The first kappa shape index (κ1) is 62.6. The lowest BCUT2D eigenvalue weighted by atomic mass is 9.82. The number of nitrogens with one attached hydrogen (secondary N) is 2. The third-order valence-electron chi connectivity index (χ3n) is 17.9. The van der Waals surface area contributed by atoms with E-state index in [-0.39, 0.29) is 75.0 Å². The summed E-state index contributed by atoms with van der Waals surface area (Å²) in [6.07, 6.45) is 2.59. The number of unbranched alkanes of at least 4 members (excludes halogenated alkanes) is 2. The maximum Gasteiger partial charge on any atom is 0.264 e. The summed E-state index contributed by atoms with van der Waals surface area (Å²) < 4.78 is 25.2. The smallest absolute Gasteiger partial charge is 0.264 e. The van der Waals surface area contributed by atoms with Crippen molar-refractivity contribution in [2.45, 2.75) is 121 Å². The molecule has 4 amide bonds. The van der Waals surface area contributed by atoms with E-state index in [1.807, 2.05) is 135 Å². The molecule has 6 aromatic rings. The summed E-state index contributed by atoms with van der Waals surface area (Å²) in [6, 6.07) is 41.6. The molecule has 0 aromatic heterocycles. The number of nitrogens with zero attached hydrogens (tertiary/aromatic N) is 4. The Hall–Kier alpha value is -7.42. The number of anilines is 5. The first-order chi connectivity index (χ1) is 42.2. The molecule has 0 saturated carbocycles. The van der Waals surface area contributed by atoms with E-state index in [0.29, 0.717) is 110 Å². The van der Waals surface area contributed by atoms with Crippen LogP contribution in [0.1, 0.15) is 80.7 Å². The van der Waals surface area contributed by atoms with Gasteiger partial charge in [-0.25, -0.2) is 0 Å². The molecule has 2 unspecified atom stereocenters. The minimum Gasteiger partial charge on any atom is -0.497 e. The molecule has 0 aliphatic carbocycles. The predicted octanol–water partition coefficient (Wildman–Crippen LogP) is 8.57. The summed E-state index contributed by atoms with van der Waals surface area (Å²) in [5.74, 6) is 0.723. The van der Waals surface area contributed by atoms with Gasteiger partial charge in [-0.1, -0.05) is 79.8 Å². The van der Waals surface area contributed by atoms with Crippen LogP contribution in [0.3, 0.4) is 0 Å². The lowest BCUT2D eigenvalue weighted by molar-refractivity contribution is -0.150. The maximum absolute atomic E-state index is 16.6. The van der Waals surface area contributed by atoms with Crippen LogP contribution in [-0.2, 0) is 55.4 Å². The van der Waals surface area contributed by atoms with Gasteiger partial charge in [0.05, 0.1) is 83.2 Å². The first-order valence-electron chi connectivity index (χ1n) is 30.9. The van der Waals surface area contributed by atoms with E-state index in [1.54, 1.807) is 26.7 Å². The number of hydrogen-bond acceptors (Lipinski definition) is 13. The van der Waals surface area contributed by atoms with Crippen molar-refractivity contribution in [1.82, 2.24) is 15.5 Å². The van der Waals surface area contributed by atoms with Crippen LogP contribution in [0.2, 0.25) is 18.6 Å². The number of fused-ring (bicyclic) bond motifs is 4. The number of ether oxygens (including phenoxy) is 4. The highest BCUT2D eigenvalue weighted by atomic mass is 28.3. The number of benzene rings is 6. The molecule has 18 heteroatoms. The van der Waals surface area contributed by atoms with Crippen molar-refractivity contribution in [2.75, 3.05) is 74.5 Å². The minimum atomic E-state index is -2.81. The molecule has 1 spiro atoms. The van der Waals surface area contributed by atoms with Gasteiger partial charge in [0, 0.05) is 49.2 Å².